The molecule has 0 aliphatic carbocycles. The number of hydrogen-bond donors (Lipinski definition) is 3. The van der Waals surface area contributed by atoms with E-state index in [1.165, 1.54) is 0 Å². The van der Waals surface area contributed by atoms with Gasteiger partial charge in [-0.2, -0.15) is 0 Å². The molecule has 20 heavy (non-hydrogen) atoms. The molecule has 2 atom stereocenters. The molecule has 1 aromatic carbocycles. The summed E-state index contributed by atoms with van der Waals surface area (Å²) in [5.74, 6) is 0.681. The highest BCUT2D eigenvalue weighted by Crippen LogP contribution is 2.36. The van der Waals surface area contributed by atoms with E-state index in [-0.39, 0.29) is 18.9 Å². The minimum Gasteiger partial charge on any atom is -0.486 e. The van der Waals surface area contributed by atoms with Gasteiger partial charge in [0.05, 0.1) is 24.7 Å². The lowest BCUT2D eigenvalue weighted by molar-refractivity contribution is 0.0499. The van der Waals surface area contributed by atoms with Crippen LogP contribution in [0.15, 0.2) is 18.2 Å². The fourth-order valence-corrected chi connectivity index (χ4v) is 2.18. The highest BCUT2D eigenvalue weighted by Gasteiger charge is 2.35. The fourth-order valence-electron chi connectivity index (χ4n) is 2.18. The first kappa shape index (κ1) is 14.8. The Balaban J connectivity index is 2.16. The molecule has 2 rings (SSSR count). The Kier molecular flexibility index (Phi) is 4.30. The average molecular weight is 279 g/mol. The zero-order chi connectivity index (χ0) is 14.8. The van der Waals surface area contributed by atoms with Crippen molar-refractivity contribution < 1.29 is 19.7 Å². The second kappa shape index (κ2) is 5.81. The first-order valence-electron chi connectivity index (χ1n) is 6.86. The van der Waals surface area contributed by atoms with Crippen LogP contribution < -0.4 is 10.1 Å². The molecule has 1 aliphatic heterocycles. The molecule has 1 aromatic rings. The molecule has 0 spiro atoms. The van der Waals surface area contributed by atoms with E-state index >= 15 is 0 Å². The van der Waals surface area contributed by atoms with Crippen LogP contribution in [0.5, 0.6) is 5.75 Å². The number of benzene rings is 1. The number of fused-ring (bicyclic) bond motifs is 1. The third-order valence-electron chi connectivity index (χ3n) is 3.67. The van der Waals surface area contributed by atoms with Crippen molar-refractivity contribution in [3.05, 3.63) is 23.8 Å². The van der Waals surface area contributed by atoms with Crippen molar-refractivity contribution in [3.8, 4) is 5.75 Å². The number of aliphatic hydroxyl groups excluding tert-OH is 2. The van der Waals surface area contributed by atoms with Gasteiger partial charge in [0.2, 0.25) is 0 Å². The predicted molar refractivity (Wildman–Crippen MR) is 76.3 cm³/mol. The topological polar surface area (TPSA) is 78.8 Å². The maximum Gasteiger partial charge on any atom is 0.170 e. The van der Waals surface area contributed by atoms with Crippen LogP contribution in [0.25, 0.3) is 0 Å². The number of aliphatic hydroxyl groups is 2. The number of ether oxygens (including phenoxy) is 1. The molecular weight excluding hydrogens is 258 g/mol. The van der Waals surface area contributed by atoms with Crippen LogP contribution >= 0.6 is 0 Å². The number of ketones is 1. The normalized spacial score (nSPS) is 22.9. The average Bonchev–Trinajstić information content (AvgIpc) is 2.45. The summed E-state index contributed by atoms with van der Waals surface area (Å²) >= 11 is 0. The monoisotopic (exact) mass is 279 g/mol. The van der Waals surface area contributed by atoms with Crippen molar-refractivity contribution in [2.24, 2.45) is 0 Å². The summed E-state index contributed by atoms with van der Waals surface area (Å²) < 4.78 is 5.90. The number of anilines is 1. The molecule has 0 saturated carbocycles. The lowest BCUT2D eigenvalue weighted by atomic mass is 9.89. The number of rotatable bonds is 5. The van der Waals surface area contributed by atoms with Crippen molar-refractivity contribution in [2.75, 3.05) is 18.5 Å². The van der Waals surface area contributed by atoms with Gasteiger partial charge in [0.15, 0.2) is 5.78 Å². The van der Waals surface area contributed by atoms with Gasteiger partial charge in [0.25, 0.3) is 0 Å². The first-order chi connectivity index (χ1) is 9.47. The Hall–Kier alpha value is -1.59. The molecule has 5 heteroatoms. The van der Waals surface area contributed by atoms with Crippen LogP contribution in [0.1, 0.15) is 37.0 Å². The van der Waals surface area contributed by atoms with Crippen LogP contribution in [0.2, 0.25) is 0 Å². The van der Waals surface area contributed by atoms with Gasteiger partial charge in [0, 0.05) is 12.2 Å². The van der Waals surface area contributed by atoms with Gasteiger partial charge in [-0.15, -0.1) is 0 Å². The van der Waals surface area contributed by atoms with Crippen molar-refractivity contribution >= 4 is 11.5 Å². The van der Waals surface area contributed by atoms with Crippen molar-refractivity contribution in [1.29, 1.82) is 0 Å². The van der Waals surface area contributed by atoms with Crippen molar-refractivity contribution in [1.82, 2.24) is 0 Å². The molecule has 0 amide bonds. The van der Waals surface area contributed by atoms with Gasteiger partial charge < -0.3 is 20.3 Å². The molecule has 2 unspecified atom stereocenters. The summed E-state index contributed by atoms with van der Waals surface area (Å²) in [5.41, 5.74) is 0.874. The smallest absolute Gasteiger partial charge is 0.170 e. The summed E-state index contributed by atoms with van der Waals surface area (Å²) in [7, 11) is 0. The zero-order valence-electron chi connectivity index (χ0n) is 11.8. The van der Waals surface area contributed by atoms with E-state index in [4.69, 9.17) is 9.84 Å². The van der Waals surface area contributed by atoms with E-state index in [0.717, 1.165) is 12.1 Å². The van der Waals surface area contributed by atoms with Crippen molar-refractivity contribution in [3.63, 3.8) is 0 Å². The molecule has 1 heterocycles. The fraction of sp³-hybridized carbons (Fsp3) is 0.533. The minimum absolute atomic E-state index is 0.0713. The summed E-state index contributed by atoms with van der Waals surface area (Å²) in [6.07, 6.45) is 0.335. The standard InChI is InChI=1S/C15H21NO4/c1-3-15(2)7-13(19)12-6-10(4-5-14(12)20-15)16-8-11(18)9-17/h4-6,11,16-18H,3,7-9H2,1-2H3. The van der Waals surface area contributed by atoms with Crippen molar-refractivity contribution in [2.45, 2.75) is 38.4 Å². The summed E-state index contributed by atoms with van der Waals surface area (Å²) in [6, 6.07) is 5.31. The molecule has 0 radical (unpaired) electrons. The predicted octanol–water partition coefficient (Wildman–Crippen LogP) is 1.59. The molecule has 0 saturated heterocycles. The molecule has 0 fully saturated rings. The van der Waals surface area contributed by atoms with Gasteiger partial charge in [-0.3, -0.25) is 4.79 Å². The largest absolute Gasteiger partial charge is 0.486 e. The lowest BCUT2D eigenvalue weighted by Gasteiger charge is -2.34. The Labute approximate surface area is 118 Å². The van der Waals surface area contributed by atoms with E-state index < -0.39 is 11.7 Å². The number of nitrogens with one attached hydrogen (secondary N) is 1. The highest BCUT2D eigenvalue weighted by molar-refractivity contribution is 6.01. The second-order valence-electron chi connectivity index (χ2n) is 5.43. The van der Waals surface area contributed by atoms with Crippen LogP contribution in [0.4, 0.5) is 5.69 Å². The third-order valence-corrected chi connectivity index (χ3v) is 3.67. The van der Waals surface area contributed by atoms with E-state index in [0.29, 0.717) is 17.7 Å². The van der Waals surface area contributed by atoms with Gasteiger partial charge in [0.1, 0.15) is 11.4 Å². The van der Waals surface area contributed by atoms with Gasteiger partial charge in [-0.25, -0.2) is 0 Å². The number of carbonyl (C=O) groups is 1. The Morgan fingerprint density at radius 1 is 1.50 bits per heavy atom. The van der Waals surface area contributed by atoms with Gasteiger partial charge in [-0.05, 0) is 31.5 Å². The summed E-state index contributed by atoms with van der Waals surface area (Å²) in [6.45, 7) is 3.88. The van der Waals surface area contributed by atoms with Gasteiger partial charge in [-0.1, -0.05) is 6.92 Å². The van der Waals surface area contributed by atoms with Crippen LogP contribution in [0.3, 0.4) is 0 Å². The van der Waals surface area contributed by atoms with Crippen LogP contribution in [-0.4, -0.2) is 40.9 Å². The highest BCUT2D eigenvalue weighted by atomic mass is 16.5. The zero-order valence-corrected chi connectivity index (χ0v) is 11.8. The van der Waals surface area contributed by atoms with Crippen LogP contribution in [0, 0.1) is 0 Å². The Bertz CT molecular complexity index is 503. The number of carbonyl (C=O) groups excluding carboxylic acids is 1. The Morgan fingerprint density at radius 2 is 2.25 bits per heavy atom. The molecular formula is C15H21NO4. The van der Waals surface area contributed by atoms with E-state index in [1.807, 2.05) is 13.8 Å². The van der Waals surface area contributed by atoms with E-state index in [9.17, 15) is 9.90 Å². The minimum atomic E-state index is -0.818. The molecule has 1 aliphatic rings. The summed E-state index contributed by atoms with van der Waals surface area (Å²) in [4.78, 5) is 12.2. The molecule has 5 nitrogen and oxygen atoms in total. The number of hydrogen-bond acceptors (Lipinski definition) is 5. The van der Waals surface area contributed by atoms with Gasteiger partial charge >= 0.3 is 0 Å². The van der Waals surface area contributed by atoms with E-state index in [1.54, 1.807) is 18.2 Å². The molecule has 0 bridgehead atoms. The third kappa shape index (κ3) is 3.11. The lowest BCUT2D eigenvalue weighted by Crippen LogP contribution is -2.38. The van der Waals surface area contributed by atoms with Crippen LogP contribution in [-0.2, 0) is 0 Å². The Morgan fingerprint density at radius 3 is 2.90 bits per heavy atom. The maximum atomic E-state index is 12.2. The quantitative estimate of drug-likeness (QED) is 0.763. The summed E-state index contributed by atoms with van der Waals surface area (Å²) in [5, 5.41) is 21.1. The second-order valence-corrected chi connectivity index (χ2v) is 5.43. The number of Topliss-reactive ketones (excluding diaryl/α,β-unsaturated/α-hetero) is 1. The first-order valence-corrected chi connectivity index (χ1v) is 6.86. The SMILES string of the molecule is CCC1(C)CC(=O)c2cc(NCC(O)CO)ccc2O1. The molecule has 0 aromatic heterocycles. The molecule has 3 N–H and O–H groups in total. The van der Waals surface area contributed by atoms with E-state index in [2.05, 4.69) is 5.32 Å². The maximum absolute atomic E-state index is 12.2. The molecule has 110 valence electrons.